The van der Waals surface area contributed by atoms with Crippen molar-refractivity contribution < 1.29 is 9.32 Å². The molecule has 144 valence electrons. The second-order valence-corrected chi connectivity index (χ2v) is 7.27. The first kappa shape index (κ1) is 17.6. The zero-order valence-corrected chi connectivity index (χ0v) is 16.1. The molecule has 0 bridgehead atoms. The van der Waals surface area contributed by atoms with Crippen LogP contribution in [0, 0.1) is 0 Å². The van der Waals surface area contributed by atoms with Crippen molar-refractivity contribution in [2.45, 2.75) is 25.7 Å². The molecule has 0 radical (unpaired) electrons. The number of nitrogens with zero attached hydrogens (tertiary/aromatic N) is 4. The van der Waals surface area contributed by atoms with Gasteiger partial charge in [0.15, 0.2) is 5.82 Å². The quantitative estimate of drug-likeness (QED) is 0.522. The Bertz CT molecular complexity index is 1180. The number of aromatic nitrogens is 3. The maximum absolute atomic E-state index is 12.6. The number of carbonyl (C=O) groups is 1. The van der Waals surface area contributed by atoms with E-state index < -0.39 is 0 Å². The molecule has 1 fully saturated rings. The highest BCUT2D eigenvalue weighted by atomic mass is 16.5. The maximum atomic E-state index is 12.6. The lowest BCUT2D eigenvalue weighted by atomic mass is 10.1. The third kappa shape index (κ3) is 3.27. The van der Waals surface area contributed by atoms with Gasteiger partial charge in [0.05, 0.1) is 5.52 Å². The van der Waals surface area contributed by atoms with Crippen LogP contribution in [0.5, 0.6) is 0 Å². The summed E-state index contributed by atoms with van der Waals surface area (Å²) in [6.07, 6.45) is 1.35. The van der Waals surface area contributed by atoms with Gasteiger partial charge in [-0.3, -0.25) is 4.79 Å². The number of rotatable bonds is 4. The predicted molar refractivity (Wildman–Crippen MR) is 111 cm³/mol. The number of pyridine rings is 1. The Labute approximate surface area is 168 Å². The molecule has 0 N–H and O–H groups in total. The summed E-state index contributed by atoms with van der Waals surface area (Å²) in [4.78, 5) is 23.5. The lowest BCUT2D eigenvalue weighted by Crippen LogP contribution is -2.24. The van der Waals surface area contributed by atoms with Gasteiger partial charge in [0.1, 0.15) is 5.69 Å². The van der Waals surface area contributed by atoms with E-state index in [9.17, 15) is 4.79 Å². The monoisotopic (exact) mass is 384 g/mol. The largest absolute Gasteiger partial charge is 0.332 e. The zero-order valence-electron chi connectivity index (χ0n) is 16.1. The van der Waals surface area contributed by atoms with Gasteiger partial charge in [-0.2, -0.15) is 4.98 Å². The Kier molecular flexibility index (Phi) is 4.31. The van der Waals surface area contributed by atoms with Crippen LogP contribution in [0.4, 0.5) is 5.69 Å². The van der Waals surface area contributed by atoms with Gasteiger partial charge in [-0.15, -0.1) is 0 Å². The zero-order chi connectivity index (χ0) is 19.8. The van der Waals surface area contributed by atoms with Crippen molar-refractivity contribution in [2.24, 2.45) is 0 Å². The van der Waals surface area contributed by atoms with E-state index in [-0.39, 0.29) is 11.8 Å². The van der Waals surface area contributed by atoms with Gasteiger partial charge < -0.3 is 9.42 Å². The van der Waals surface area contributed by atoms with Crippen molar-refractivity contribution in [1.82, 2.24) is 15.1 Å². The van der Waals surface area contributed by atoms with Crippen molar-refractivity contribution in [3.8, 4) is 11.6 Å². The van der Waals surface area contributed by atoms with E-state index in [2.05, 4.69) is 34.2 Å². The van der Waals surface area contributed by atoms with E-state index in [1.54, 1.807) is 4.90 Å². The van der Waals surface area contributed by atoms with Crippen LogP contribution in [0.25, 0.3) is 22.5 Å². The van der Waals surface area contributed by atoms with Crippen molar-refractivity contribution in [3.63, 3.8) is 0 Å². The second kappa shape index (κ2) is 7.13. The Balaban J connectivity index is 1.38. The fourth-order valence-corrected chi connectivity index (χ4v) is 3.73. The molecule has 0 spiro atoms. The lowest BCUT2D eigenvalue weighted by Gasteiger charge is -2.16. The normalized spacial score (nSPS) is 16.7. The molecule has 0 saturated carbocycles. The summed E-state index contributed by atoms with van der Waals surface area (Å²) in [5, 5.41) is 5.20. The molecule has 1 saturated heterocycles. The molecule has 0 unspecified atom stereocenters. The van der Waals surface area contributed by atoms with Crippen molar-refractivity contribution in [1.29, 1.82) is 0 Å². The predicted octanol–water partition coefficient (Wildman–Crippen LogP) is 4.37. The average Bonchev–Trinajstić information content (AvgIpc) is 3.40. The van der Waals surface area contributed by atoms with Gasteiger partial charge in [-0.05, 0) is 36.2 Å². The van der Waals surface area contributed by atoms with Crippen molar-refractivity contribution >= 4 is 22.5 Å². The molecule has 5 rings (SSSR count). The number of carbonyl (C=O) groups excluding carboxylic acids is 1. The van der Waals surface area contributed by atoms with Crippen LogP contribution >= 0.6 is 0 Å². The van der Waals surface area contributed by atoms with Gasteiger partial charge >= 0.3 is 0 Å². The van der Waals surface area contributed by atoms with Crippen LogP contribution in [0.15, 0.2) is 65.2 Å². The summed E-state index contributed by atoms with van der Waals surface area (Å²) in [6, 6.07) is 19.9. The highest BCUT2D eigenvalue weighted by Gasteiger charge is 2.34. The number of anilines is 1. The number of para-hydroxylation sites is 1. The van der Waals surface area contributed by atoms with E-state index in [4.69, 9.17) is 4.52 Å². The van der Waals surface area contributed by atoms with E-state index in [0.29, 0.717) is 30.4 Å². The molecule has 0 aliphatic carbocycles. The Morgan fingerprint density at radius 3 is 2.69 bits per heavy atom. The Hall–Kier alpha value is -3.54. The van der Waals surface area contributed by atoms with Crippen molar-refractivity contribution in [3.05, 3.63) is 72.1 Å². The number of hydrogen-bond donors (Lipinski definition) is 0. The minimum absolute atomic E-state index is 0.0782. The molecular weight excluding hydrogens is 364 g/mol. The van der Waals surface area contributed by atoms with E-state index in [1.807, 2.05) is 48.5 Å². The van der Waals surface area contributed by atoms with E-state index >= 15 is 0 Å². The van der Waals surface area contributed by atoms with Gasteiger partial charge in [-0.1, -0.05) is 48.5 Å². The average molecular weight is 384 g/mol. The van der Waals surface area contributed by atoms with Gasteiger partial charge in [0.2, 0.25) is 5.91 Å². The minimum Gasteiger partial charge on any atom is -0.332 e. The number of aryl methyl sites for hydroxylation is 1. The molecule has 1 aliphatic rings. The first-order valence-electron chi connectivity index (χ1n) is 9.80. The summed E-state index contributed by atoms with van der Waals surface area (Å²) in [5.74, 6) is 0.917. The number of benzene rings is 2. The van der Waals surface area contributed by atoms with Gasteiger partial charge in [-0.25, -0.2) is 4.98 Å². The lowest BCUT2D eigenvalue weighted by molar-refractivity contribution is -0.117. The molecule has 29 heavy (non-hydrogen) atoms. The molecule has 3 heterocycles. The van der Waals surface area contributed by atoms with Crippen LogP contribution in [0.1, 0.15) is 30.7 Å². The molecule has 2 aromatic heterocycles. The van der Waals surface area contributed by atoms with E-state index in [1.165, 1.54) is 5.56 Å². The Morgan fingerprint density at radius 1 is 1.03 bits per heavy atom. The molecule has 6 heteroatoms. The molecule has 4 aromatic rings. The first-order valence-corrected chi connectivity index (χ1v) is 9.80. The maximum Gasteiger partial charge on any atom is 0.276 e. The highest BCUT2D eigenvalue weighted by molar-refractivity contribution is 5.96. The van der Waals surface area contributed by atoms with Crippen LogP contribution in [-0.4, -0.2) is 27.6 Å². The number of hydrogen-bond acceptors (Lipinski definition) is 5. The second-order valence-electron chi connectivity index (χ2n) is 7.27. The SMILES string of the molecule is CCc1ccc(N2C[C@@H](c3noc(-c4ccc5ccccc5n4)n3)CC2=O)cc1. The Morgan fingerprint density at radius 2 is 1.86 bits per heavy atom. The number of fused-ring (bicyclic) bond motifs is 1. The summed E-state index contributed by atoms with van der Waals surface area (Å²) in [5.41, 5.74) is 3.68. The minimum atomic E-state index is -0.0914. The third-order valence-corrected chi connectivity index (χ3v) is 5.41. The molecule has 2 aromatic carbocycles. The summed E-state index contributed by atoms with van der Waals surface area (Å²) >= 11 is 0. The van der Waals surface area contributed by atoms with Crippen LogP contribution in [0.3, 0.4) is 0 Å². The third-order valence-electron chi connectivity index (χ3n) is 5.41. The highest BCUT2D eigenvalue weighted by Crippen LogP contribution is 2.31. The summed E-state index contributed by atoms with van der Waals surface area (Å²) < 4.78 is 5.47. The van der Waals surface area contributed by atoms with E-state index in [0.717, 1.165) is 23.0 Å². The fourth-order valence-electron chi connectivity index (χ4n) is 3.73. The van der Waals surface area contributed by atoms with Gasteiger partial charge in [0, 0.05) is 30.0 Å². The van der Waals surface area contributed by atoms with Crippen LogP contribution < -0.4 is 4.90 Å². The first-order chi connectivity index (χ1) is 14.2. The molecule has 1 atom stereocenters. The number of amides is 1. The molecule has 6 nitrogen and oxygen atoms in total. The van der Waals surface area contributed by atoms with Crippen LogP contribution in [0.2, 0.25) is 0 Å². The fraction of sp³-hybridized carbons (Fsp3) is 0.217. The summed E-state index contributed by atoms with van der Waals surface area (Å²) in [7, 11) is 0. The smallest absolute Gasteiger partial charge is 0.276 e. The topological polar surface area (TPSA) is 72.1 Å². The molecular formula is C23H20N4O2. The summed E-state index contributed by atoms with van der Waals surface area (Å²) in [6.45, 7) is 2.67. The molecule has 1 aliphatic heterocycles. The molecule has 1 amide bonds. The van der Waals surface area contributed by atoms with Crippen LogP contribution in [-0.2, 0) is 11.2 Å². The standard InChI is InChI=1S/C23H20N4O2/c1-2-15-7-10-18(11-8-15)27-14-17(13-21(27)28)22-25-23(29-26-22)20-12-9-16-5-3-4-6-19(16)24-20/h3-12,17H,2,13-14H2,1H3/t17-/m0/s1. The van der Waals surface area contributed by atoms with Crippen molar-refractivity contribution in [2.75, 3.05) is 11.4 Å². The van der Waals surface area contributed by atoms with Gasteiger partial charge in [0.25, 0.3) is 5.89 Å².